The van der Waals surface area contributed by atoms with Crippen molar-refractivity contribution in [2.75, 3.05) is 6.54 Å². The lowest BCUT2D eigenvalue weighted by Crippen LogP contribution is -2.28. The zero-order chi connectivity index (χ0) is 7.68. The molecule has 0 bridgehead atoms. The van der Waals surface area contributed by atoms with Gasteiger partial charge in [-0.1, -0.05) is 22.0 Å². The van der Waals surface area contributed by atoms with E-state index in [-0.39, 0.29) is 0 Å². The Bertz CT molecular complexity index is 286. The molecule has 0 aliphatic carbocycles. The fourth-order valence-corrected chi connectivity index (χ4v) is 1.43. The lowest BCUT2D eigenvalue weighted by molar-refractivity contribution is 0.610. The Morgan fingerprint density at radius 2 is 2.36 bits per heavy atom. The van der Waals surface area contributed by atoms with Crippen LogP contribution in [0.3, 0.4) is 0 Å². The topological polar surface area (TPSA) is 15.6 Å². The molecule has 11 heavy (non-hydrogen) atoms. The van der Waals surface area contributed by atoms with Gasteiger partial charge in [0.25, 0.3) is 0 Å². The molecule has 0 aromatic rings. The Hall–Kier alpha value is -0.830. The summed E-state index contributed by atoms with van der Waals surface area (Å²) in [6, 6.07) is 0. The Morgan fingerprint density at radius 3 is 3.27 bits per heavy atom. The summed E-state index contributed by atoms with van der Waals surface area (Å²) in [5.41, 5.74) is 0. The van der Waals surface area contributed by atoms with Crippen molar-refractivity contribution >= 4 is 21.8 Å². The van der Waals surface area contributed by atoms with Gasteiger partial charge in [0, 0.05) is 16.9 Å². The standard InChI is InChI=1S/C8H7BrN2/c9-7-5-10-8-3-1-2-4-11(8)6-7/h1-5H,6H2. The molecule has 3 heteroatoms. The van der Waals surface area contributed by atoms with E-state index in [9.17, 15) is 0 Å². The first-order valence-corrected chi connectivity index (χ1v) is 4.19. The molecule has 0 spiro atoms. The van der Waals surface area contributed by atoms with Gasteiger partial charge in [-0.15, -0.1) is 0 Å². The van der Waals surface area contributed by atoms with Crippen molar-refractivity contribution in [3.05, 3.63) is 35.1 Å². The van der Waals surface area contributed by atoms with Crippen molar-refractivity contribution in [3.8, 4) is 0 Å². The maximum atomic E-state index is 4.23. The summed E-state index contributed by atoms with van der Waals surface area (Å²) in [4.78, 5) is 6.32. The predicted octanol–water partition coefficient (Wildman–Crippen LogP) is 2.02. The summed E-state index contributed by atoms with van der Waals surface area (Å²) in [5, 5.41) is 0. The number of hydrogen-bond donors (Lipinski definition) is 0. The number of allylic oxidation sites excluding steroid dienone is 2. The molecule has 56 valence electrons. The molecule has 2 aliphatic rings. The molecule has 2 aliphatic heterocycles. The molecule has 2 rings (SSSR count). The van der Waals surface area contributed by atoms with Crippen LogP contribution < -0.4 is 0 Å². The molecule has 0 unspecified atom stereocenters. The Balaban J connectivity index is 2.33. The molecule has 0 saturated carbocycles. The van der Waals surface area contributed by atoms with Crippen LogP contribution in [0.25, 0.3) is 0 Å². The lowest BCUT2D eigenvalue weighted by Gasteiger charge is -2.24. The highest BCUT2D eigenvalue weighted by molar-refractivity contribution is 9.11. The van der Waals surface area contributed by atoms with Gasteiger partial charge in [0.05, 0.1) is 6.54 Å². The number of aliphatic imine (C=N–C) groups is 1. The van der Waals surface area contributed by atoms with E-state index in [1.807, 2.05) is 30.6 Å². The van der Waals surface area contributed by atoms with Crippen LogP contribution >= 0.6 is 15.9 Å². The second kappa shape index (κ2) is 2.66. The van der Waals surface area contributed by atoms with E-state index in [4.69, 9.17) is 0 Å². The molecule has 2 heterocycles. The van der Waals surface area contributed by atoms with Crippen molar-refractivity contribution in [2.45, 2.75) is 0 Å². The first-order chi connectivity index (χ1) is 5.36. The van der Waals surface area contributed by atoms with E-state index in [0.29, 0.717) is 0 Å². The number of hydrogen-bond acceptors (Lipinski definition) is 2. The van der Waals surface area contributed by atoms with E-state index in [2.05, 4.69) is 25.8 Å². The molecule has 0 saturated heterocycles. The highest BCUT2D eigenvalue weighted by Gasteiger charge is 2.11. The van der Waals surface area contributed by atoms with E-state index in [1.54, 1.807) is 0 Å². The SMILES string of the molecule is BrC1=CN=C2C=CC=CN2C1. The lowest BCUT2D eigenvalue weighted by atomic mass is 10.3. The maximum Gasteiger partial charge on any atom is 0.132 e. The van der Waals surface area contributed by atoms with Gasteiger partial charge in [-0.2, -0.15) is 0 Å². The van der Waals surface area contributed by atoms with Crippen LogP contribution in [0.15, 0.2) is 40.1 Å². The average molecular weight is 211 g/mol. The minimum Gasteiger partial charge on any atom is -0.328 e. The van der Waals surface area contributed by atoms with Crippen molar-refractivity contribution in [2.24, 2.45) is 4.99 Å². The third-order valence-corrected chi connectivity index (χ3v) is 2.03. The summed E-state index contributed by atoms with van der Waals surface area (Å²) in [5.74, 6) is 1.01. The van der Waals surface area contributed by atoms with Gasteiger partial charge in [-0.25, -0.2) is 4.99 Å². The predicted molar refractivity (Wildman–Crippen MR) is 49.4 cm³/mol. The summed E-state index contributed by atoms with van der Waals surface area (Å²) < 4.78 is 1.11. The van der Waals surface area contributed by atoms with Gasteiger partial charge in [-0.05, 0) is 12.2 Å². The second-order valence-electron chi connectivity index (χ2n) is 2.39. The molecular formula is C8H7BrN2. The fourth-order valence-electron chi connectivity index (χ4n) is 1.06. The number of rotatable bonds is 0. The van der Waals surface area contributed by atoms with Crippen molar-refractivity contribution in [1.82, 2.24) is 4.90 Å². The van der Waals surface area contributed by atoms with Crippen LogP contribution in [-0.2, 0) is 0 Å². The summed E-state index contributed by atoms with van der Waals surface area (Å²) in [6.07, 6.45) is 9.85. The van der Waals surface area contributed by atoms with Crippen molar-refractivity contribution < 1.29 is 0 Å². The van der Waals surface area contributed by atoms with Gasteiger partial charge in [0.2, 0.25) is 0 Å². The van der Waals surface area contributed by atoms with E-state index >= 15 is 0 Å². The third kappa shape index (κ3) is 1.28. The number of fused-ring (bicyclic) bond motifs is 1. The maximum absolute atomic E-state index is 4.23. The fraction of sp³-hybridized carbons (Fsp3) is 0.125. The molecule has 0 fully saturated rings. The van der Waals surface area contributed by atoms with Gasteiger partial charge >= 0.3 is 0 Å². The van der Waals surface area contributed by atoms with Gasteiger partial charge < -0.3 is 4.90 Å². The molecule has 0 N–H and O–H groups in total. The molecule has 0 radical (unpaired) electrons. The highest BCUT2D eigenvalue weighted by Crippen LogP contribution is 2.16. The largest absolute Gasteiger partial charge is 0.328 e. The average Bonchev–Trinajstić information content (AvgIpc) is 2.04. The van der Waals surface area contributed by atoms with Gasteiger partial charge in [-0.3, -0.25) is 0 Å². The molecular weight excluding hydrogens is 204 g/mol. The number of halogens is 1. The zero-order valence-corrected chi connectivity index (χ0v) is 7.45. The Labute approximate surface area is 73.7 Å². The van der Waals surface area contributed by atoms with Crippen molar-refractivity contribution in [1.29, 1.82) is 0 Å². The first kappa shape index (κ1) is 6.85. The van der Waals surface area contributed by atoms with Crippen LogP contribution in [0, 0.1) is 0 Å². The number of amidine groups is 1. The smallest absolute Gasteiger partial charge is 0.132 e. The molecule has 0 atom stereocenters. The van der Waals surface area contributed by atoms with Crippen LogP contribution in [0.2, 0.25) is 0 Å². The van der Waals surface area contributed by atoms with Crippen molar-refractivity contribution in [3.63, 3.8) is 0 Å². The molecule has 2 nitrogen and oxygen atoms in total. The zero-order valence-electron chi connectivity index (χ0n) is 5.87. The van der Waals surface area contributed by atoms with Crippen LogP contribution in [0.4, 0.5) is 0 Å². The van der Waals surface area contributed by atoms with E-state index in [0.717, 1.165) is 16.9 Å². The Morgan fingerprint density at radius 1 is 1.45 bits per heavy atom. The van der Waals surface area contributed by atoms with Crippen LogP contribution in [-0.4, -0.2) is 17.3 Å². The molecule has 0 aromatic heterocycles. The number of nitrogens with zero attached hydrogens (tertiary/aromatic N) is 2. The minimum atomic E-state index is 0.889. The summed E-state index contributed by atoms with van der Waals surface area (Å²) in [7, 11) is 0. The first-order valence-electron chi connectivity index (χ1n) is 3.40. The van der Waals surface area contributed by atoms with Crippen LogP contribution in [0.1, 0.15) is 0 Å². The second-order valence-corrected chi connectivity index (χ2v) is 3.41. The van der Waals surface area contributed by atoms with Crippen LogP contribution in [0.5, 0.6) is 0 Å². The van der Waals surface area contributed by atoms with Gasteiger partial charge in [0.1, 0.15) is 5.84 Å². The van der Waals surface area contributed by atoms with E-state index in [1.165, 1.54) is 0 Å². The quantitative estimate of drug-likeness (QED) is 0.598. The monoisotopic (exact) mass is 210 g/mol. The van der Waals surface area contributed by atoms with E-state index < -0.39 is 0 Å². The normalized spacial score (nSPS) is 21.0. The molecule has 0 amide bonds. The highest BCUT2D eigenvalue weighted by atomic mass is 79.9. The third-order valence-electron chi connectivity index (χ3n) is 1.57. The summed E-state index contributed by atoms with van der Waals surface area (Å²) >= 11 is 3.40. The Kier molecular flexibility index (Phi) is 1.66. The van der Waals surface area contributed by atoms with Gasteiger partial charge in [0.15, 0.2) is 0 Å². The minimum absolute atomic E-state index is 0.889. The molecule has 0 aromatic carbocycles. The summed E-state index contributed by atoms with van der Waals surface area (Å²) in [6.45, 7) is 0.889.